The van der Waals surface area contributed by atoms with Crippen LogP contribution in [0.2, 0.25) is 0 Å². The summed E-state index contributed by atoms with van der Waals surface area (Å²) in [5, 5.41) is 3.39. The van der Waals surface area contributed by atoms with Gasteiger partial charge in [-0.15, -0.1) is 0 Å². The molecule has 18 heavy (non-hydrogen) atoms. The van der Waals surface area contributed by atoms with Crippen LogP contribution in [-0.2, 0) is 4.74 Å². The summed E-state index contributed by atoms with van der Waals surface area (Å²) in [6, 6.07) is 8.34. The molecule has 0 fully saturated rings. The highest BCUT2D eigenvalue weighted by Crippen LogP contribution is 2.17. The topological polar surface area (TPSA) is 47.3 Å². The molecule has 0 aliphatic carbocycles. The Kier molecular flexibility index (Phi) is 7.20. The third kappa shape index (κ3) is 5.78. The van der Waals surface area contributed by atoms with E-state index in [2.05, 4.69) is 40.0 Å². The molecule has 1 atom stereocenters. The fourth-order valence-corrected chi connectivity index (χ4v) is 2.03. The third-order valence-electron chi connectivity index (χ3n) is 2.47. The van der Waals surface area contributed by atoms with Crippen LogP contribution in [0.15, 0.2) is 40.9 Å². The fourth-order valence-electron chi connectivity index (χ4n) is 1.61. The van der Waals surface area contributed by atoms with Crippen molar-refractivity contribution in [1.82, 2.24) is 5.32 Å². The van der Waals surface area contributed by atoms with Gasteiger partial charge in [-0.1, -0.05) is 40.2 Å². The van der Waals surface area contributed by atoms with Crippen LogP contribution in [0.1, 0.15) is 18.5 Å². The minimum atomic E-state index is 0.163. The number of ether oxygens (including phenoxy) is 1. The van der Waals surface area contributed by atoms with Gasteiger partial charge in [-0.2, -0.15) is 0 Å². The molecule has 0 spiro atoms. The molecule has 0 radical (unpaired) electrons. The molecule has 0 aliphatic rings. The Bertz CT molecular complexity index is 382. The van der Waals surface area contributed by atoms with Crippen LogP contribution in [-0.4, -0.2) is 26.3 Å². The Hall–Kier alpha value is -0.680. The Balaban J connectivity index is 2.36. The predicted octanol–water partition coefficient (Wildman–Crippen LogP) is 2.63. The third-order valence-corrected chi connectivity index (χ3v) is 2.97. The highest BCUT2D eigenvalue weighted by molar-refractivity contribution is 9.10. The average molecular weight is 313 g/mol. The van der Waals surface area contributed by atoms with Gasteiger partial charge in [0.2, 0.25) is 0 Å². The van der Waals surface area contributed by atoms with E-state index in [1.165, 1.54) is 5.56 Å². The van der Waals surface area contributed by atoms with E-state index >= 15 is 0 Å². The molecule has 0 heterocycles. The Morgan fingerprint density at radius 2 is 2.33 bits per heavy atom. The predicted molar refractivity (Wildman–Crippen MR) is 79.6 cm³/mol. The van der Waals surface area contributed by atoms with Gasteiger partial charge in [0.1, 0.15) is 0 Å². The van der Waals surface area contributed by atoms with Crippen LogP contribution >= 0.6 is 15.9 Å². The molecular formula is C14H21BrN2O. The first-order valence-corrected chi connectivity index (χ1v) is 6.84. The minimum absolute atomic E-state index is 0.163. The van der Waals surface area contributed by atoms with Gasteiger partial charge >= 0.3 is 0 Å². The number of hydrogen-bond acceptors (Lipinski definition) is 3. The summed E-state index contributed by atoms with van der Waals surface area (Å²) >= 11 is 3.47. The molecule has 3 N–H and O–H groups in total. The summed E-state index contributed by atoms with van der Waals surface area (Å²) in [4.78, 5) is 0. The number of rotatable bonds is 8. The highest BCUT2D eigenvalue weighted by atomic mass is 79.9. The maximum absolute atomic E-state index is 5.79. The Morgan fingerprint density at radius 3 is 2.94 bits per heavy atom. The van der Waals surface area contributed by atoms with Gasteiger partial charge in [0, 0.05) is 23.6 Å². The zero-order valence-corrected chi connectivity index (χ0v) is 12.4. The van der Waals surface area contributed by atoms with Crippen molar-refractivity contribution in [2.45, 2.75) is 13.0 Å². The monoisotopic (exact) mass is 312 g/mol. The van der Waals surface area contributed by atoms with Crippen molar-refractivity contribution in [3.8, 4) is 0 Å². The average Bonchev–Trinajstić information content (AvgIpc) is 2.33. The lowest BCUT2D eigenvalue weighted by Gasteiger charge is -2.17. The van der Waals surface area contributed by atoms with Crippen molar-refractivity contribution in [2.75, 3.05) is 26.3 Å². The highest BCUT2D eigenvalue weighted by Gasteiger charge is 2.08. The van der Waals surface area contributed by atoms with Crippen molar-refractivity contribution in [1.29, 1.82) is 0 Å². The van der Waals surface area contributed by atoms with Crippen LogP contribution in [0, 0.1) is 0 Å². The molecule has 0 amide bonds. The lowest BCUT2D eigenvalue weighted by atomic mass is 10.1. The number of halogens is 1. The van der Waals surface area contributed by atoms with Crippen molar-refractivity contribution in [3.63, 3.8) is 0 Å². The molecule has 0 bridgehead atoms. The molecule has 1 aromatic rings. The molecule has 1 rings (SSSR count). The molecule has 1 unspecified atom stereocenters. The largest absolute Gasteiger partial charge is 0.376 e. The molecule has 4 heteroatoms. The van der Waals surface area contributed by atoms with Crippen LogP contribution in [0.4, 0.5) is 0 Å². The summed E-state index contributed by atoms with van der Waals surface area (Å²) < 4.78 is 6.51. The maximum atomic E-state index is 5.79. The maximum Gasteiger partial charge on any atom is 0.0672 e. The van der Waals surface area contributed by atoms with Gasteiger partial charge < -0.3 is 15.8 Å². The summed E-state index contributed by atoms with van der Waals surface area (Å²) in [7, 11) is 0. The van der Waals surface area contributed by atoms with E-state index in [1.807, 2.05) is 19.1 Å². The van der Waals surface area contributed by atoms with Gasteiger partial charge in [0.05, 0.1) is 13.2 Å². The fraction of sp³-hybridized carbons (Fsp3) is 0.429. The molecule has 0 saturated heterocycles. The number of hydrogen-bond donors (Lipinski definition) is 2. The lowest BCUT2D eigenvalue weighted by Crippen LogP contribution is -2.31. The first-order valence-electron chi connectivity index (χ1n) is 6.04. The standard InChI is InChI=1S/C14H21BrN2O/c1-11(2)10-18-7-6-17-14(9-16)12-4-3-5-13(15)8-12/h3-5,8,14,17H,1,6-7,9-10,16H2,2H3. The van der Waals surface area contributed by atoms with E-state index in [4.69, 9.17) is 10.5 Å². The van der Waals surface area contributed by atoms with Crippen LogP contribution in [0.25, 0.3) is 0 Å². The van der Waals surface area contributed by atoms with Crippen molar-refractivity contribution in [3.05, 3.63) is 46.5 Å². The summed E-state index contributed by atoms with van der Waals surface area (Å²) in [6.07, 6.45) is 0. The van der Waals surface area contributed by atoms with Crippen molar-refractivity contribution in [2.24, 2.45) is 5.73 Å². The smallest absolute Gasteiger partial charge is 0.0672 e. The molecule has 3 nitrogen and oxygen atoms in total. The summed E-state index contributed by atoms with van der Waals surface area (Å²) in [5.41, 5.74) is 8.01. The molecular weight excluding hydrogens is 292 g/mol. The molecule has 0 aromatic heterocycles. The van der Waals surface area contributed by atoms with E-state index in [0.29, 0.717) is 19.8 Å². The van der Waals surface area contributed by atoms with E-state index in [-0.39, 0.29) is 6.04 Å². The van der Waals surface area contributed by atoms with E-state index in [0.717, 1.165) is 16.6 Å². The molecule has 0 saturated carbocycles. The first-order chi connectivity index (χ1) is 8.63. The van der Waals surface area contributed by atoms with Gasteiger partial charge in [0.15, 0.2) is 0 Å². The number of nitrogens with two attached hydrogens (primary N) is 1. The SMILES string of the molecule is C=C(C)COCCNC(CN)c1cccc(Br)c1. The Labute approximate surface area is 118 Å². The second-order valence-electron chi connectivity index (χ2n) is 4.31. The van der Waals surface area contributed by atoms with Gasteiger partial charge in [-0.3, -0.25) is 0 Å². The number of nitrogens with one attached hydrogen (secondary N) is 1. The molecule has 1 aromatic carbocycles. The van der Waals surface area contributed by atoms with Crippen molar-refractivity contribution < 1.29 is 4.74 Å². The number of benzene rings is 1. The lowest BCUT2D eigenvalue weighted by molar-refractivity contribution is 0.155. The van der Waals surface area contributed by atoms with Gasteiger partial charge in [0.25, 0.3) is 0 Å². The zero-order valence-electron chi connectivity index (χ0n) is 10.8. The van der Waals surface area contributed by atoms with Gasteiger partial charge in [-0.25, -0.2) is 0 Å². The van der Waals surface area contributed by atoms with E-state index in [1.54, 1.807) is 0 Å². The zero-order chi connectivity index (χ0) is 13.4. The quantitative estimate of drug-likeness (QED) is 0.573. The van der Waals surface area contributed by atoms with Crippen LogP contribution in [0.3, 0.4) is 0 Å². The summed E-state index contributed by atoms with van der Waals surface area (Å²) in [5.74, 6) is 0. The van der Waals surface area contributed by atoms with E-state index < -0.39 is 0 Å². The van der Waals surface area contributed by atoms with E-state index in [9.17, 15) is 0 Å². The van der Waals surface area contributed by atoms with Crippen LogP contribution < -0.4 is 11.1 Å². The molecule has 100 valence electrons. The van der Waals surface area contributed by atoms with Crippen molar-refractivity contribution >= 4 is 15.9 Å². The second-order valence-corrected chi connectivity index (χ2v) is 5.22. The first kappa shape index (κ1) is 15.4. The molecule has 0 aliphatic heterocycles. The summed E-state index contributed by atoms with van der Waals surface area (Å²) in [6.45, 7) is 8.37. The minimum Gasteiger partial charge on any atom is -0.376 e. The normalized spacial score (nSPS) is 12.4. The van der Waals surface area contributed by atoms with Crippen LogP contribution in [0.5, 0.6) is 0 Å². The second kappa shape index (κ2) is 8.43. The Morgan fingerprint density at radius 1 is 1.56 bits per heavy atom. The van der Waals surface area contributed by atoms with Gasteiger partial charge in [-0.05, 0) is 24.6 Å².